The number of thiocarbonyl (C=S) groups is 1. The van der Waals surface area contributed by atoms with Gasteiger partial charge in [-0.25, -0.2) is 0 Å². The zero-order valence-corrected chi connectivity index (χ0v) is 19.7. The Hall–Kier alpha value is -3.29. The number of rotatable bonds is 9. The highest BCUT2D eigenvalue weighted by atomic mass is 32.2. The lowest BCUT2D eigenvalue weighted by Gasteiger charge is -2.13. The number of benzene rings is 3. The third-order valence-electron chi connectivity index (χ3n) is 4.85. The van der Waals surface area contributed by atoms with Crippen LogP contribution in [0, 0.1) is 0 Å². The molecule has 0 N–H and O–H groups in total. The smallest absolute Gasteiger partial charge is 0.270 e. The summed E-state index contributed by atoms with van der Waals surface area (Å²) in [5.74, 6) is 2.05. The molecule has 0 spiro atoms. The van der Waals surface area contributed by atoms with Gasteiger partial charge in [-0.05, 0) is 48.0 Å². The summed E-state index contributed by atoms with van der Waals surface area (Å²) in [6, 6.07) is 24.6. The maximum atomic E-state index is 12.9. The summed E-state index contributed by atoms with van der Waals surface area (Å²) in [6.07, 6.45) is 2.57. The highest BCUT2D eigenvalue weighted by Crippen LogP contribution is 2.36. The fourth-order valence-corrected chi connectivity index (χ4v) is 4.58. The third kappa shape index (κ3) is 5.74. The van der Waals surface area contributed by atoms with Crippen molar-refractivity contribution in [3.63, 3.8) is 0 Å². The average molecular weight is 478 g/mol. The molecule has 3 aromatic rings. The van der Waals surface area contributed by atoms with E-state index in [0.717, 1.165) is 29.2 Å². The predicted molar refractivity (Wildman–Crippen MR) is 137 cm³/mol. The van der Waals surface area contributed by atoms with E-state index in [1.807, 2.05) is 84.9 Å². The second kappa shape index (κ2) is 11.0. The van der Waals surface area contributed by atoms with E-state index in [-0.39, 0.29) is 5.91 Å². The van der Waals surface area contributed by atoms with Gasteiger partial charge in [0.15, 0.2) is 15.8 Å². The molecule has 3 aromatic carbocycles. The SMILES string of the molecule is COc1ccccc1OCCCOc1cccc(/C=C2/SC(=S)N(c3ccccc3)C2=O)c1. The van der Waals surface area contributed by atoms with E-state index < -0.39 is 0 Å². The molecule has 1 saturated heterocycles. The number of anilines is 1. The molecular formula is C26H23NO4S2. The van der Waals surface area contributed by atoms with Crippen molar-refractivity contribution in [2.24, 2.45) is 0 Å². The number of nitrogens with zero attached hydrogens (tertiary/aromatic N) is 1. The molecule has 0 aromatic heterocycles. The lowest BCUT2D eigenvalue weighted by Crippen LogP contribution is -2.27. The Kier molecular flexibility index (Phi) is 7.65. The number of methoxy groups -OCH3 is 1. The Bertz CT molecular complexity index is 1160. The van der Waals surface area contributed by atoms with Gasteiger partial charge < -0.3 is 14.2 Å². The molecule has 7 heteroatoms. The van der Waals surface area contributed by atoms with Gasteiger partial charge in [0, 0.05) is 6.42 Å². The lowest BCUT2D eigenvalue weighted by molar-refractivity contribution is -0.113. The van der Waals surface area contributed by atoms with Crippen LogP contribution < -0.4 is 19.1 Å². The van der Waals surface area contributed by atoms with Crippen molar-refractivity contribution >= 4 is 46.0 Å². The van der Waals surface area contributed by atoms with Crippen LogP contribution in [-0.2, 0) is 4.79 Å². The van der Waals surface area contributed by atoms with Crippen molar-refractivity contribution < 1.29 is 19.0 Å². The molecule has 1 fully saturated rings. The fourth-order valence-electron chi connectivity index (χ4n) is 3.28. The fraction of sp³-hybridized carbons (Fsp3) is 0.154. The van der Waals surface area contributed by atoms with Crippen LogP contribution in [0.15, 0.2) is 83.8 Å². The molecule has 1 heterocycles. The second-order valence-electron chi connectivity index (χ2n) is 7.13. The summed E-state index contributed by atoms with van der Waals surface area (Å²) < 4.78 is 17.5. The quantitative estimate of drug-likeness (QED) is 0.216. The standard InChI is InChI=1S/C26H23NO4S2/c1-29-22-13-5-6-14-23(22)31-16-8-15-30-21-12-7-9-19(17-21)18-24-25(28)27(26(32)33-24)20-10-3-2-4-11-20/h2-7,9-14,17-18H,8,15-16H2,1H3/b24-18+. The van der Waals surface area contributed by atoms with Gasteiger partial charge in [-0.2, -0.15) is 0 Å². The molecule has 33 heavy (non-hydrogen) atoms. The van der Waals surface area contributed by atoms with Crippen LogP contribution >= 0.6 is 24.0 Å². The summed E-state index contributed by atoms with van der Waals surface area (Å²) in [4.78, 5) is 15.1. The minimum atomic E-state index is -0.115. The van der Waals surface area contributed by atoms with Crippen molar-refractivity contribution in [2.75, 3.05) is 25.2 Å². The second-order valence-corrected chi connectivity index (χ2v) is 8.80. The molecule has 1 amide bonds. The van der Waals surface area contributed by atoms with E-state index in [9.17, 15) is 4.79 Å². The topological polar surface area (TPSA) is 48.0 Å². The highest BCUT2D eigenvalue weighted by Gasteiger charge is 2.33. The van der Waals surface area contributed by atoms with Crippen LogP contribution in [0.1, 0.15) is 12.0 Å². The number of para-hydroxylation sites is 3. The number of amides is 1. The van der Waals surface area contributed by atoms with E-state index in [1.165, 1.54) is 11.8 Å². The summed E-state index contributed by atoms with van der Waals surface area (Å²) in [5.41, 5.74) is 1.65. The molecule has 168 valence electrons. The number of thioether (sulfide) groups is 1. The molecule has 1 aliphatic heterocycles. The lowest BCUT2D eigenvalue weighted by atomic mass is 10.2. The van der Waals surface area contributed by atoms with Gasteiger partial charge in [0.05, 0.1) is 30.9 Å². The predicted octanol–water partition coefficient (Wildman–Crippen LogP) is 5.95. The maximum Gasteiger partial charge on any atom is 0.270 e. The van der Waals surface area contributed by atoms with Gasteiger partial charge in [-0.1, -0.05) is 66.4 Å². The molecule has 0 unspecified atom stereocenters. The van der Waals surface area contributed by atoms with Gasteiger partial charge in [0.2, 0.25) is 0 Å². The first-order valence-electron chi connectivity index (χ1n) is 10.5. The van der Waals surface area contributed by atoms with Gasteiger partial charge >= 0.3 is 0 Å². The van der Waals surface area contributed by atoms with Crippen LogP contribution in [0.25, 0.3) is 6.08 Å². The summed E-state index contributed by atoms with van der Waals surface area (Å²) in [7, 11) is 1.62. The minimum absolute atomic E-state index is 0.115. The average Bonchev–Trinajstić information content (AvgIpc) is 3.12. The zero-order chi connectivity index (χ0) is 23.0. The number of hydrogen-bond donors (Lipinski definition) is 0. The molecule has 0 atom stereocenters. The monoisotopic (exact) mass is 477 g/mol. The van der Waals surface area contributed by atoms with Gasteiger partial charge in [0.25, 0.3) is 5.91 Å². The van der Waals surface area contributed by atoms with Crippen LogP contribution in [0.4, 0.5) is 5.69 Å². The summed E-state index contributed by atoms with van der Waals surface area (Å²) >= 11 is 6.74. The summed E-state index contributed by atoms with van der Waals surface area (Å²) in [6.45, 7) is 1.02. The first kappa shape index (κ1) is 22.9. The Morgan fingerprint density at radius 2 is 1.64 bits per heavy atom. The van der Waals surface area contributed by atoms with Crippen molar-refractivity contribution in [3.05, 3.63) is 89.3 Å². The number of carbonyl (C=O) groups is 1. The van der Waals surface area contributed by atoms with Gasteiger partial charge in [-0.3, -0.25) is 9.69 Å². The minimum Gasteiger partial charge on any atom is -0.493 e. The molecule has 4 rings (SSSR count). The van der Waals surface area contributed by atoms with Crippen LogP contribution in [0.3, 0.4) is 0 Å². The Balaban J connectivity index is 1.33. The van der Waals surface area contributed by atoms with Crippen LogP contribution in [0.2, 0.25) is 0 Å². The van der Waals surface area contributed by atoms with Crippen molar-refractivity contribution in [3.8, 4) is 17.2 Å². The van der Waals surface area contributed by atoms with Crippen molar-refractivity contribution in [1.29, 1.82) is 0 Å². The molecular weight excluding hydrogens is 454 g/mol. The van der Waals surface area contributed by atoms with Crippen molar-refractivity contribution in [2.45, 2.75) is 6.42 Å². The first-order chi connectivity index (χ1) is 16.2. The molecule has 0 radical (unpaired) electrons. The maximum absolute atomic E-state index is 12.9. The van der Waals surface area contributed by atoms with Crippen LogP contribution in [0.5, 0.6) is 17.2 Å². The number of carbonyl (C=O) groups excluding carboxylic acids is 1. The van der Waals surface area contributed by atoms with E-state index in [0.29, 0.717) is 28.2 Å². The van der Waals surface area contributed by atoms with E-state index in [1.54, 1.807) is 12.0 Å². The largest absolute Gasteiger partial charge is 0.493 e. The van der Waals surface area contributed by atoms with E-state index in [4.69, 9.17) is 26.4 Å². The molecule has 0 saturated carbocycles. The number of ether oxygens (including phenoxy) is 3. The zero-order valence-electron chi connectivity index (χ0n) is 18.1. The highest BCUT2D eigenvalue weighted by molar-refractivity contribution is 8.27. The Morgan fingerprint density at radius 3 is 2.42 bits per heavy atom. The van der Waals surface area contributed by atoms with Crippen molar-refractivity contribution in [1.82, 2.24) is 0 Å². The Labute approximate surface area is 203 Å². The molecule has 0 aliphatic carbocycles. The molecule has 0 bridgehead atoms. The van der Waals surface area contributed by atoms with Crippen LogP contribution in [-0.4, -0.2) is 30.6 Å². The number of hydrogen-bond acceptors (Lipinski definition) is 6. The molecule has 1 aliphatic rings. The Morgan fingerprint density at radius 1 is 0.909 bits per heavy atom. The van der Waals surface area contributed by atoms with Gasteiger partial charge in [-0.15, -0.1) is 0 Å². The molecule has 5 nitrogen and oxygen atoms in total. The summed E-state index contributed by atoms with van der Waals surface area (Å²) in [5, 5.41) is 0. The van der Waals surface area contributed by atoms with Gasteiger partial charge in [0.1, 0.15) is 5.75 Å². The normalized spacial score (nSPS) is 14.6. The first-order valence-corrected chi connectivity index (χ1v) is 11.7. The van der Waals surface area contributed by atoms with E-state index in [2.05, 4.69) is 0 Å². The third-order valence-corrected chi connectivity index (χ3v) is 6.15. The van der Waals surface area contributed by atoms with E-state index >= 15 is 0 Å².